The third-order valence-electron chi connectivity index (χ3n) is 0. The smallest absolute Gasteiger partial charge is 0.0928 e. The van der Waals surface area contributed by atoms with E-state index in [9.17, 15) is 0 Å². The van der Waals surface area contributed by atoms with E-state index in [1.807, 2.05) is 0 Å². The van der Waals surface area contributed by atoms with Crippen LogP contribution in [-0.4, -0.2) is 18.1 Å². The van der Waals surface area contributed by atoms with E-state index in [0.717, 1.165) is 0 Å². The van der Waals surface area contributed by atoms with Gasteiger partial charge in [0.05, 0.1) is 7.85 Å². The Hall–Kier alpha value is 1.32. The Morgan fingerprint density at radius 3 is 1.60 bits per heavy atom. The molecule has 0 unspecified atom stereocenters. The van der Waals surface area contributed by atoms with Gasteiger partial charge in [-0.2, -0.15) is 0 Å². The molecule has 0 aromatic rings. The third kappa shape index (κ3) is 33.6. The van der Waals surface area contributed by atoms with Crippen LogP contribution in [0.4, 0.5) is 0 Å². The second-order valence-corrected chi connectivity index (χ2v) is 2.12. The molecule has 0 nitrogen and oxygen atoms in total. The van der Waals surface area contributed by atoms with Gasteiger partial charge < -0.3 is 0 Å². The van der Waals surface area contributed by atoms with Crippen molar-refractivity contribution in [2.75, 3.05) is 0 Å². The van der Waals surface area contributed by atoms with Crippen molar-refractivity contribution in [3.05, 3.63) is 0 Å². The zero-order valence-electron chi connectivity index (χ0n) is 3.44. The van der Waals surface area contributed by atoms with E-state index in [1.165, 1.54) is 16.2 Å². The minimum absolute atomic E-state index is 0. The number of rotatable bonds is 0. The van der Waals surface area contributed by atoms with Crippen LogP contribution in [0.15, 0.2) is 0 Å². The summed E-state index contributed by atoms with van der Waals surface area (Å²) in [7, 11) is 3.56. The normalized spacial score (nSPS) is 4.00. The summed E-state index contributed by atoms with van der Waals surface area (Å²) in [6.07, 6.45) is 0. The first-order chi connectivity index (χ1) is 1.41. The molecular formula is CH7BFeMnSi. The van der Waals surface area contributed by atoms with Crippen LogP contribution in [0, 0.1) is 0 Å². The molecule has 0 aliphatic rings. The Kier molecular flexibility index (Phi) is 59.9. The molecule has 0 atom stereocenters. The van der Waals surface area contributed by atoms with Gasteiger partial charge in [-0.05, 0) is 10.2 Å². The van der Waals surface area contributed by atoms with E-state index in [4.69, 9.17) is 0 Å². The van der Waals surface area contributed by atoms with E-state index in [2.05, 4.69) is 7.85 Å². The number of hydrogen-bond donors (Lipinski definition) is 0. The fourth-order valence-electron chi connectivity index (χ4n) is 0. The maximum absolute atomic E-state index is 2.19. The summed E-state index contributed by atoms with van der Waals surface area (Å²) in [5, 5.41) is 0. The van der Waals surface area contributed by atoms with Crippen LogP contribution in [0.1, 0.15) is 0 Å². The maximum Gasteiger partial charge on any atom is 0.0970 e. The minimum Gasteiger partial charge on any atom is -0.0928 e. The summed E-state index contributed by atoms with van der Waals surface area (Å²) in [4.78, 5) is 0. The average molecular weight is 169 g/mol. The summed E-state index contributed by atoms with van der Waals surface area (Å²) >= 11 is 0. The molecule has 5 heavy (non-hydrogen) atoms. The monoisotopic (exact) mass is 169 g/mol. The Morgan fingerprint density at radius 2 is 1.60 bits per heavy atom. The van der Waals surface area contributed by atoms with Crippen LogP contribution >= 0.6 is 0 Å². The van der Waals surface area contributed by atoms with Gasteiger partial charge in [-0.1, -0.05) is 5.94 Å². The molecule has 0 amide bonds. The molecule has 0 rings (SSSR count). The summed E-state index contributed by atoms with van der Waals surface area (Å²) in [6.45, 7) is 0. The van der Waals surface area contributed by atoms with Crippen LogP contribution in [0.2, 0.25) is 5.94 Å². The van der Waals surface area contributed by atoms with Crippen LogP contribution in [0.25, 0.3) is 0 Å². The van der Waals surface area contributed by atoms with Gasteiger partial charge >= 0.3 is 0 Å². The van der Waals surface area contributed by atoms with Gasteiger partial charge in [0.1, 0.15) is 0 Å². The molecule has 0 N–H and O–H groups in total. The second kappa shape index (κ2) is 18.4. The molecule has 0 fully saturated rings. The molecule has 4 heteroatoms. The Balaban J connectivity index is -0.0000000200. The maximum atomic E-state index is 2.19. The Labute approximate surface area is 58.3 Å². The van der Waals surface area contributed by atoms with Crippen molar-refractivity contribution in [1.82, 2.24) is 0 Å². The van der Waals surface area contributed by atoms with Gasteiger partial charge in [-0.15, -0.1) is 0 Å². The van der Waals surface area contributed by atoms with Crippen molar-refractivity contribution in [3.63, 3.8) is 0 Å². The molecule has 1 radical (unpaired) electrons. The summed E-state index contributed by atoms with van der Waals surface area (Å²) in [5.74, 6) is 1.39. The van der Waals surface area contributed by atoms with Crippen LogP contribution < -0.4 is 0 Å². The molecule has 0 aromatic heterocycles. The zero-order valence-corrected chi connectivity index (χ0v) is 7.72. The summed E-state index contributed by atoms with van der Waals surface area (Å²) in [5.41, 5.74) is 0. The number of hydrogen-bond acceptors (Lipinski definition) is 0. The first-order valence-electron chi connectivity index (χ1n) is 1.41. The molecule has 0 spiro atoms. The minimum atomic E-state index is 0. The molecule has 0 saturated carbocycles. The van der Waals surface area contributed by atoms with Crippen molar-refractivity contribution in [1.29, 1.82) is 0 Å². The van der Waals surface area contributed by atoms with E-state index in [-0.39, 0.29) is 34.1 Å². The summed E-state index contributed by atoms with van der Waals surface area (Å²) in [6, 6.07) is 0. The topological polar surface area (TPSA) is 0 Å². The molecule has 33 valence electrons. The third-order valence-corrected chi connectivity index (χ3v) is 0. The SMILES string of the molecule is BC[SiH3].[Fe].[Mn]. The predicted octanol–water partition coefficient (Wildman–Crippen LogP) is -1.64. The quantitative estimate of drug-likeness (QED) is 0.381. The van der Waals surface area contributed by atoms with E-state index < -0.39 is 0 Å². The second-order valence-electron chi connectivity index (χ2n) is 0.707. The van der Waals surface area contributed by atoms with Crippen molar-refractivity contribution in [2.24, 2.45) is 0 Å². The van der Waals surface area contributed by atoms with Gasteiger partial charge in [0.25, 0.3) is 0 Å². The van der Waals surface area contributed by atoms with Gasteiger partial charge in [0, 0.05) is 34.1 Å². The van der Waals surface area contributed by atoms with Crippen LogP contribution in [0.3, 0.4) is 0 Å². The van der Waals surface area contributed by atoms with Crippen molar-refractivity contribution < 1.29 is 34.1 Å². The summed E-state index contributed by atoms with van der Waals surface area (Å²) < 4.78 is 0. The Bertz CT molecular complexity index is 11.6. The van der Waals surface area contributed by atoms with E-state index >= 15 is 0 Å². The van der Waals surface area contributed by atoms with Crippen molar-refractivity contribution >= 4 is 18.1 Å². The van der Waals surface area contributed by atoms with Gasteiger partial charge in [0.15, 0.2) is 0 Å². The largest absolute Gasteiger partial charge is 0.0970 e. The molecule has 0 aliphatic carbocycles. The molecule has 0 aromatic carbocycles. The fraction of sp³-hybridized carbons (Fsp3) is 1.00. The van der Waals surface area contributed by atoms with E-state index in [1.54, 1.807) is 0 Å². The molecule has 0 bridgehead atoms. The fourth-order valence-corrected chi connectivity index (χ4v) is 0. The molecule has 0 aliphatic heterocycles. The zero-order chi connectivity index (χ0) is 2.71. The van der Waals surface area contributed by atoms with E-state index in [0.29, 0.717) is 0 Å². The first kappa shape index (κ1) is 16.2. The van der Waals surface area contributed by atoms with Crippen molar-refractivity contribution in [2.45, 2.75) is 5.94 Å². The molecular weight excluding hydrogens is 162 g/mol. The van der Waals surface area contributed by atoms with Crippen molar-refractivity contribution in [3.8, 4) is 0 Å². The predicted molar refractivity (Wildman–Crippen MR) is 23.3 cm³/mol. The van der Waals surface area contributed by atoms with Crippen LogP contribution in [-0.2, 0) is 34.1 Å². The first-order valence-corrected chi connectivity index (χ1v) is 2.83. The van der Waals surface area contributed by atoms with Crippen LogP contribution in [0.5, 0.6) is 0 Å². The molecule has 0 heterocycles. The average Bonchev–Trinajstić information content (AvgIpc) is 0.918. The molecule has 0 saturated heterocycles. The van der Waals surface area contributed by atoms with Gasteiger partial charge in [-0.3, -0.25) is 0 Å². The van der Waals surface area contributed by atoms with Gasteiger partial charge in [0.2, 0.25) is 0 Å². The van der Waals surface area contributed by atoms with Gasteiger partial charge in [-0.25, -0.2) is 0 Å². The standard InChI is InChI=1S/CH7BSi.Fe.Mn/c2-1-3;;/h1-2H2,3H3;;. The Morgan fingerprint density at radius 1 is 1.60 bits per heavy atom.